The molecule has 36 heavy (non-hydrogen) atoms. The summed E-state index contributed by atoms with van der Waals surface area (Å²) in [6, 6.07) is 8.61. The molecule has 1 aliphatic heterocycles. The highest BCUT2D eigenvalue weighted by molar-refractivity contribution is 6.31. The van der Waals surface area contributed by atoms with Gasteiger partial charge in [0.15, 0.2) is 5.82 Å². The first-order valence-corrected chi connectivity index (χ1v) is 12.6. The Kier molecular flexibility index (Phi) is 7.82. The van der Waals surface area contributed by atoms with Crippen LogP contribution in [0, 0.1) is 0 Å². The zero-order chi connectivity index (χ0) is 26.0. The van der Waals surface area contributed by atoms with E-state index in [1.165, 1.54) is 6.07 Å². The molecule has 1 saturated heterocycles. The predicted molar refractivity (Wildman–Crippen MR) is 140 cm³/mol. The van der Waals surface area contributed by atoms with Crippen LogP contribution in [0.1, 0.15) is 48.4 Å². The minimum atomic E-state index is -0.392. The summed E-state index contributed by atoms with van der Waals surface area (Å²) in [4.78, 5) is 17.5. The molecular formula is C26H33ClN6O3. The summed E-state index contributed by atoms with van der Waals surface area (Å²) in [7, 11) is 2.12. The Labute approximate surface area is 216 Å². The lowest BCUT2D eigenvalue weighted by molar-refractivity contribution is 0.0943. The number of hydrogen-bond acceptors (Lipinski definition) is 7. The lowest BCUT2D eigenvalue weighted by atomic mass is 9.98. The highest BCUT2D eigenvalue weighted by Crippen LogP contribution is 2.38. The van der Waals surface area contributed by atoms with Gasteiger partial charge in [0.25, 0.3) is 5.91 Å². The van der Waals surface area contributed by atoms with Gasteiger partial charge in [-0.25, -0.2) is 0 Å². The summed E-state index contributed by atoms with van der Waals surface area (Å²) >= 11 is 6.73. The van der Waals surface area contributed by atoms with Crippen molar-refractivity contribution in [2.75, 3.05) is 39.8 Å². The number of piperazine rings is 1. The predicted octanol–water partition coefficient (Wildman–Crippen LogP) is 3.62. The molecule has 2 aromatic carbocycles. The second-order valence-corrected chi connectivity index (χ2v) is 9.89. The molecule has 1 amide bonds. The Hall–Kier alpha value is -3.14. The molecule has 0 radical (unpaired) electrons. The molecule has 1 aliphatic rings. The number of amides is 1. The van der Waals surface area contributed by atoms with Gasteiger partial charge in [-0.3, -0.25) is 14.3 Å². The van der Waals surface area contributed by atoms with Crippen molar-refractivity contribution in [3.8, 4) is 28.6 Å². The molecule has 4 rings (SSSR count). The van der Waals surface area contributed by atoms with Crippen molar-refractivity contribution < 1.29 is 15.0 Å². The molecule has 0 spiro atoms. The van der Waals surface area contributed by atoms with E-state index in [0.29, 0.717) is 28.4 Å². The van der Waals surface area contributed by atoms with Gasteiger partial charge >= 0.3 is 0 Å². The van der Waals surface area contributed by atoms with Gasteiger partial charge in [0.05, 0.1) is 11.3 Å². The molecule has 0 aliphatic carbocycles. The highest BCUT2D eigenvalue weighted by Gasteiger charge is 2.25. The fourth-order valence-corrected chi connectivity index (χ4v) is 4.61. The topological polar surface area (TPSA) is 107 Å². The number of nitrogens with one attached hydrogen (secondary N) is 1. The van der Waals surface area contributed by atoms with Gasteiger partial charge in [-0.1, -0.05) is 31.5 Å². The minimum absolute atomic E-state index is 0.00225. The van der Waals surface area contributed by atoms with Crippen LogP contribution in [-0.2, 0) is 6.54 Å². The normalized spacial score (nSPS) is 14.9. The molecule has 1 fully saturated rings. The van der Waals surface area contributed by atoms with Crippen molar-refractivity contribution in [2.45, 2.75) is 33.2 Å². The van der Waals surface area contributed by atoms with E-state index in [4.69, 9.17) is 11.6 Å². The lowest BCUT2D eigenvalue weighted by Gasteiger charge is -2.32. The van der Waals surface area contributed by atoms with Crippen LogP contribution in [0.5, 0.6) is 11.5 Å². The first-order valence-electron chi connectivity index (χ1n) is 12.2. The van der Waals surface area contributed by atoms with Crippen LogP contribution >= 0.6 is 11.6 Å². The zero-order valence-corrected chi connectivity index (χ0v) is 21.9. The zero-order valence-electron chi connectivity index (χ0n) is 21.1. The number of halogens is 1. The van der Waals surface area contributed by atoms with Crippen LogP contribution in [0.2, 0.25) is 5.02 Å². The summed E-state index contributed by atoms with van der Waals surface area (Å²) in [5.74, 6) is -0.196. The first kappa shape index (κ1) is 25.9. The molecule has 192 valence electrons. The van der Waals surface area contributed by atoms with Crippen molar-refractivity contribution in [2.24, 2.45) is 0 Å². The van der Waals surface area contributed by atoms with E-state index in [1.807, 2.05) is 32.9 Å². The fraction of sp³-hybridized carbons (Fsp3) is 0.423. The van der Waals surface area contributed by atoms with Crippen LogP contribution in [0.3, 0.4) is 0 Å². The summed E-state index contributed by atoms with van der Waals surface area (Å²) in [6.45, 7) is 10.9. The number of phenolic OH excluding ortho intramolecular Hbond substituents is 2. The number of likely N-dealkylation sites (N-methyl/N-ethyl adjacent to an activating group) is 1. The van der Waals surface area contributed by atoms with Gasteiger partial charge in [0.2, 0.25) is 5.82 Å². The van der Waals surface area contributed by atoms with E-state index in [1.54, 1.807) is 16.7 Å². The standard InChI is InChI=1S/C26H33ClN6O3/c1-5-28-26(36)25-30-29-24(20-13-19(16(2)3)22(34)14-23(20)35)33(25)18-7-6-17(21(27)12-18)15-32-10-8-31(4)9-11-32/h6-7,12-14,16,34-35H,5,8-11,15H2,1-4H3,(H,28,36). The number of benzene rings is 2. The molecule has 2 heterocycles. The third-order valence-electron chi connectivity index (χ3n) is 6.50. The van der Waals surface area contributed by atoms with Gasteiger partial charge in [-0.2, -0.15) is 0 Å². The van der Waals surface area contributed by atoms with Crippen molar-refractivity contribution in [3.05, 3.63) is 52.3 Å². The number of phenols is 2. The van der Waals surface area contributed by atoms with Gasteiger partial charge < -0.3 is 20.4 Å². The molecule has 0 unspecified atom stereocenters. The third kappa shape index (κ3) is 5.33. The quantitative estimate of drug-likeness (QED) is 0.444. The van der Waals surface area contributed by atoms with Crippen LogP contribution < -0.4 is 5.32 Å². The molecule has 0 bridgehead atoms. The van der Waals surface area contributed by atoms with Crippen molar-refractivity contribution >= 4 is 17.5 Å². The van der Waals surface area contributed by atoms with E-state index >= 15 is 0 Å². The summed E-state index contributed by atoms with van der Waals surface area (Å²) in [5.41, 5.74) is 2.60. The summed E-state index contributed by atoms with van der Waals surface area (Å²) < 4.78 is 1.59. The fourth-order valence-electron chi connectivity index (χ4n) is 4.38. The van der Waals surface area contributed by atoms with E-state index in [-0.39, 0.29) is 29.1 Å². The van der Waals surface area contributed by atoms with Gasteiger partial charge in [-0.05, 0) is 49.2 Å². The molecule has 3 N–H and O–H groups in total. The van der Waals surface area contributed by atoms with Gasteiger partial charge in [-0.15, -0.1) is 10.2 Å². The molecular weight excluding hydrogens is 480 g/mol. The van der Waals surface area contributed by atoms with Crippen molar-refractivity contribution in [1.29, 1.82) is 0 Å². The monoisotopic (exact) mass is 512 g/mol. The van der Waals surface area contributed by atoms with E-state index in [9.17, 15) is 15.0 Å². The molecule has 1 aromatic heterocycles. The van der Waals surface area contributed by atoms with Crippen molar-refractivity contribution in [1.82, 2.24) is 29.9 Å². The first-order chi connectivity index (χ1) is 17.2. The number of nitrogens with zero attached hydrogens (tertiary/aromatic N) is 5. The van der Waals surface area contributed by atoms with Crippen LogP contribution in [0.25, 0.3) is 17.1 Å². The number of carbonyl (C=O) groups excluding carboxylic acids is 1. The van der Waals surface area contributed by atoms with E-state index < -0.39 is 5.91 Å². The maximum atomic E-state index is 12.9. The highest BCUT2D eigenvalue weighted by atomic mass is 35.5. The van der Waals surface area contributed by atoms with Crippen LogP contribution in [0.15, 0.2) is 30.3 Å². The summed E-state index contributed by atoms with van der Waals surface area (Å²) in [5, 5.41) is 32.8. The second-order valence-electron chi connectivity index (χ2n) is 9.48. The summed E-state index contributed by atoms with van der Waals surface area (Å²) in [6.07, 6.45) is 0. The maximum absolute atomic E-state index is 12.9. The minimum Gasteiger partial charge on any atom is -0.508 e. The Morgan fingerprint density at radius 1 is 1.08 bits per heavy atom. The third-order valence-corrected chi connectivity index (χ3v) is 6.85. The number of carbonyl (C=O) groups is 1. The smallest absolute Gasteiger partial charge is 0.289 e. The molecule has 0 saturated carbocycles. The number of aromatic nitrogens is 3. The Morgan fingerprint density at radius 2 is 1.81 bits per heavy atom. The molecule has 9 nitrogen and oxygen atoms in total. The maximum Gasteiger partial charge on any atom is 0.289 e. The Bertz CT molecular complexity index is 1250. The second kappa shape index (κ2) is 10.9. The van der Waals surface area contributed by atoms with Crippen LogP contribution in [0.4, 0.5) is 0 Å². The lowest BCUT2D eigenvalue weighted by Crippen LogP contribution is -2.43. The van der Waals surface area contributed by atoms with E-state index in [2.05, 4.69) is 32.4 Å². The van der Waals surface area contributed by atoms with Crippen LogP contribution in [-0.4, -0.2) is 80.5 Å². The molecule has 3 aromatic rings. The largest absolute Gasteiger partial charge is 0.508 e. The Morgan fingerprint density at radius 3 is 2.44 bits per heavy atom. The SMILES string of the molecule is CCNC(=O)c1nnc(-c2cc(C(C)C)c(O)cc2O)n1-c1ccc(CN2CCN(C)CC2)c(Cl)c1. The number of aromatic hydroxyl groups is 2. The van der Waals surface area contributed by atoms with Gasteiger partial charge in [0, 0.05) is 50.4 Å². The van der Waals surface area contributed by atoms with Crippen molar-refractivity contribution in [3.63, 3.8) is 0 Å². The average molecular weight is 513 g/mol. The van der Waals surface area contributed by atoms with Gasteiger partial charge in [0.1, 0.15) is 11.5 Å². The Balaban J connectivity index is 1.78. The molecule has 0 atom stereocenters. The van der Waals surface area contributed by atoms with E-state index in [0.717, 1.165) is 38.3 Å². The number of hydrogen-bond donors (Lipinski definition) is 3. The molecule has 10 heteroatoms. The average Bonchev–Trinajstić information content (AvgIpc) is 3.27. The number of rotatable bonds is 7.